The molecule has 0 bridgehead atoms. The molecule has 0 fully saturated rings. The van der Waals surface area contributed by atoms with E-state index in [0.29, 0.717) is 6.42 Å². The van der Waals surface area contributed by atoms with Gasteiger partial charge in [0.15, 0.2) is 5.78 Å². The lowest BCUT2D eigenvalue weighted by Crippen LogP contribution is -2.01. The van der Waals surface area contributed by atoms with E-state index >= 15 is 0 Å². The average molecular weight is 203 g/mol. The van der Waals surface area contributed by atoms with Crippen molar-refractivity contribution >= 4 is 11.5 Å². The van der Waals surface area contributed by atoms with Crippen molar-refractivity contribution < 1.29 is 4.79 Å². The van der Waals surface area contributed by atoms with Gasteiger partial charge >= 0.3 is 0 Å². The first kappa shape index (κ1) is 11.5. The molecule has 2 N–H and O–H groups in total. The van der Waals surface area contributed by atoms with Crippen LogP contribution < -0.4 is 5.73 Å². The Hall–Kier alpha value is -1.57. The third-order valence-electron chi connectivity index (χ3n) is 2.37. The molecule has 0 saturated carbocycles. The maximum atomic E-state index is 11.7. The molecule has 1 rings (SSSR count). The summed E-state index contributed by atoms with van der Waals surface area (Å²) in [7, 11) is 0. The SMILES string of the molecule is C=C(C)CCC(=O)c1ccc(N)c(C)c1. The van der Waals surface area contributed by atoms with Crippen LogP contribution in [-0.4, -0.2) is 5.78 Å². The highest BCUT2D eigenvalue weighted by Crippen LogP contribution is 2.15. The maximum Gasteiger partial charge on any atom is 0.163 e. The molecule has 2 heteroatoms. The molecule has 0 unspecified atom stereocenters. The van der Waals surface area contributed by atoms with Gasteiger partial charge in [-0.25, -0.2) is 0 Å². The number of ketones is 1. The molecule has 80 valence electrons. The zero-order chi connectivity index (χ0) is 11.4. The molecule has 0 aromatic heterocycles. The molecule has 2 nitrogen and oxygen atoms in total. The minimum absolute atomic E-state index is 0.154. The third-order valence-corrected chi connectivity index (χ3v) is 2.37. The highest BCUT2D eigenvalue weighted by atomic mass is 16.1. The number of anilines is 1. The van der Waals surface area contributed by atoms with E-state index in [0.717, 1.165) is 28.8 Å². The van der Waals surface area contributed by atoms with Crippen LogP contribution in [0.3, 0.4) is 0 Å². The van der Waals surface area contributed by atoms with Crippen molar-refractivity contribution in [1.29, 1.82) is 0 Å². The van der Waals surface area contributed by atoms with E-state index in [4.69, 9.17) is 5.73 Å². The van der Waals surface area contributed by atoms with Crippen molar-refractivity contribution in [2.75, 3.05) is 5.73 Å². The second-order valence-electron chi connectivity index (χ2n) is 3.95. The fourth-order valence-corrected chi connectivity index (χ4v) is 1.32. The first-order valence-corrected chi connectivity index (χ1v) is 5.04. The molecule has 0 aliphatic heterocycles. The smallest absolute Gasteiger partial charge is 0.163 e. The van der Waals surface area contributed by atoms with Crippen LogP contribution in [0, 0.1) is 6.92 Å². The Morgan fingerprint density at radius 1 is 1.40 bits per heavy atom. The van der Waals surface area contributed by atoms with Crippen LogP contribution in [-0.2, 0) is 0 Å². The molecule has 15 heavy (non-hydrogen) atoms. The van der Waals surface area contributed by atoms with Gasteiger partial charge in [0.05, 0.1) is 0 Å². The number of allylic oxidation sites excluding steroid dienone is 1. The van der Waals surface area contributed by atoms with Gasteiger partial charge in [0.2, 0.25) is 0 Å². The molecule has 0 radical (unpaired) electrons. The van der Waals surface area contributed by atoms with Crippen molar-refractivity contribution in [3.8, 4) is 0 Å². The summed E-state index contributed by atoms with van der Waals surface area (Å²) in [5.41, 5.74) is 9.14. The van der Waals surface area contributed by atoms with Gasteiger partial charge in [-0.2, -0.15) is 0 Å². The Labute approximate surface area is 90.8 Å². The van der Waals surface area contributed by atoms with E-state index in [1.54, 1.807) is 12.1 Å². The Morgan fingerprint density at radius 2 is 2.07 bits per heavy atom. The van der Waals surface area contributed by atoms with Crippen molar-refractivity contribution in [2.45, 2.75) is 26.7 Å². The Kier molecular flexibility index (Phi) is 3.67. The van der Waals surface area contributed by atoms with Crippen molar-refractivity contribution in [3.63, 3.8) is 0 Å². The molecule has 1 aromatic carbocycles. The first-order chi connectivity index (χ1) is 7.00. The van der Waals surface area contributed by atoms with Gasteiger partial charge in [0.1, 0.15) is 0 Å². The van der Waals surface area contributed by atoms with Gasteiger partial charge in [-0.15, -0.1) is 6.58 Å². The van der Waals surface area contributed by atoms with E-state index in [1.165, 1.54) is 0 Å². The number of rotatable bonds is 4. The molecular formula is C13H17NO. The van der Waals surface area contributed by atoms with Gasteiger partial charge in [-0.3, -0.25) is 4.79 Å². The molecule has 0 aliphatic rings. The molecule has 0 amide bonds. The topological polar surface area (TPSA) is 43.1 Å². The lowest BCUT2D eigenvalue weighted by Gasteiger charge is -2.04. The van der Waals surface area contributed by atoms with Gasteiger partial charge in [-0.1, -0.05) is 5.57 Å². The first-order valence-electron chi connectivity index (χ1n) is 5.04. The van der Waals surface area contributed by atoms with Gasteiger partial charge in [0.25, 0.3) is 0 Å². The van der Waals surface area contributed by atoms with Crippen LogP contribution in [0.15, 0.2) is 30.4 Å². The number of aryl methyl sites for hydroxylation is 1. The molecule has 1 aromatic rings. The third kappa shape index (κ3) is 3.24. The van der Waals surface area contributed by atoms with Crippen molar-refractivity contribution in [2.24, 2.45) is 0 Å². The Bertz CT molecular complexity index is 394. The maximum absolute atomic E-state index is 11.7. The van der Waals surface area contributed by atoms with E-state index in [9.17, 15) is 4.79 Å². The molecule has 0 atom stereocenters. The van der Waals surface area contributed by atoms with E-state index in [1.807, 2.05) is 19.9 Å². The monoisotopic (exact) mass is 203 g/mol. The van der Waals surface area contributed by atoms with E-state index in [-0.39, 0.29) is 5.78 Å². The number of nitrogens with two attached hydrogens (primary N) is 1. The summed E-state index contributed by atoms with van der Waals surface area (Å²) in [6.07, 6.45) is 1.28. The highest BCUT2D eigenvalue weighted by Gasteiger charge is 2.06. The predicted molar refractivity (Wildman–Crippen MR) is 64.0 cm³/mol. The Balaban J connectivity index is 2.74. The zero-order valence-electron chi connectivity index (χ0n) is 9.34. The summed E-state index contributed by atoms with van der Waals surface area (Å²) in [6, 6.07) is 5.41. The average Bonchev–Trinajstić information content (AvgIpc) is 2.18. The van der Waals surface area contributed by atoms with Crippen molar-refractivity contribution in [3.05, 3.63) is 41.5 Å². The standard InChI is InChI=1S/C13H17NO/c1-9(2)4-7-13(15)11-5-6-12(14)10(3)8-11/h5-6,8H,1,4,7,14H2,2-3H3. The summed E-state index contributed by atoms with van der Waals surface area (Å²) in [5, 5.41) is 0. The quantitative estimate of drug-likeness (QED) is 0.464. The number of Topliss-reactive ketones (excluding diaryl/α,β-unsaturated/α-hetero) is 1. The second kappa shape index (κ2) is 4.78. The summed E-state index contributed by atoms with van der Waals surface area (Å²) >= 11 is 0. The van der Waals surface area contributed by atoms with Crippen LogP contribution in [0.4, 0.5) is 5.69 Å². The largest absolute Gasteiger partial charge is 0.399 e. The van der Waals surface area contributed by atoms with Gasteiger partial charge < -0.3 is 5.73 Å². The van der Waals surface area contributed by atoms with Crippen LogP contribution in [0.1, 0.15) is 35.7 Å². The van der Waals surface area contributed by atoms with Gasteiger partial charge in [-0.05, 0) is 44.0 Å². The number of carbonyl (C=O) groups excluding carboxylic acids is 1. The zero-order valence-corrected chi connectivity index (χ0v) is 9.34. The number of carbonyl (C=O) groups is 1. The summed E-state index contributed by atoms with van der Waals surface area (Å²) < 4.78 is 0. The second-order valence-corrected chi connectivity index (χ2v) is 3.95. The molecular weight excluding hydrogens is 186 g/mol. The minimum Gasteiger partial charge on any atom is -0.399 e. The predicted octanol–water partition coefficient (Wildman–Crippen LogP) is 3.12. The van der Waals surface area contributed by atoms with Crippen LogP contribution >= 0.6 is 0 Å². The molecule has 0 spiro atoms. The van der Waals surface area contributed by atoms with Crippen LogP contribution in [0.5, 0.6) is 0 Å². The molecule has 0 heterocycles. The Morgan fingerprint density at radius 3 is 2.60 bits per heavy atom. The lowest BCUT2D eigenvalue weighted by atomic mass is 10.0. The van der Waals surface area contributed by atoms with E-state index in [2.05, 4.69) is 6.58 Å². The number of hydrogen-bond acceptors (Lipinski definition) is 2. The fraction of sp³-hybridized carbons (Fsp3) is 0.308. The summed E-state index contributed by atoms with van der Waals surface area (Å²) in [4.78, 5) is 11.7. The number of hydrogen-bond donors (Lipinski definition) is 1. The van der Waals surface area contributed by atoms with Crippen LogP contribution in [0.25, 0.3) is 0 Å². The molecule has 0 saturated heterocycles. The van der Waals surface area contributed by atoms with Crippen LogP contribution in [0.2, 0.25) is 0 Å². The van der Waals surface area contributed by atoms with Gasteiger partial charge in [0, 0.05) is 17.7 Å². The number of nitrogen functional groups attached to an aromatic ring is 1. The normalized spacial score (nSPS) is 10.0. The summed E-state index contributed by atoms with van der Waals surface area (Å²) in [5.74, 6) is 0.154. The number of benzene rings is 1. The fourth-order valence-electron chi connectivity index (χ4n) is 1.32. The lowest BCUT2D eigenvalue weighted by molar-refractivity contribution is 0.0983. The highest BCUT2D eigenvalue weighted by molar-refractivity contribution is 5.96. The van der Waals surface area contributed by atoms with E-state index < -0.39 is 0 Å². The summed E-state index contributed by atoms with van der Waals surface area (Å²) in [6.45, 7) is 7.62. The minimum atomic E-state index is 0.154. The van der Waals surface area contributed by atoms with Crippen molar-refractivity contribution in [1.82, 2.24) is 0 Å². The molecule has 0 aliphatic carbocycles.